The zero-order valence-electron chi connectivity index (χ0n) is 30.6. The lowest BCUT2D eigenvalue weighted by atomic mass is 10.00. The molecule has 0 amide bonds. The Balaban J connectivity index is 0.946. The molecule has 0 bridgehead atoms. The summed E-state index contributed by atoms with van der Waals surface area (Å²) in [6, 6.07) is 63.3. The Morgan fingerprint density at radius 2 is 1.09 bits per heavy atom. The Labute approximate surface area is 326 Å². The summed E-state index contributed by atoms with van der Waals surface area (Å²) in [5.41, 5.74) is 11.8. The van der Waals surface area contributed by atoms with E-state index in [0.717, 1.165) is 83.2 Å². The van der Waals surface area contributed by atoms with Crippen LogP contribution in [0, 0.1) is 0 Å². The maximum atomic E-state index is 6.63. The second kappa shape index (κ2) is 12.4. The van der Waals surface area contributed by atoms with Crippen LogP contribution in [-0.4, -0.2) is 16.2 Å². The van der Waals surface area contributed by atoms with Crippen LogP contribution in [-0.2, 0) is 0 Å². The van der Waals surface area contributed by atoms with Gasteiger partial charge < -0.3 is 18.7 Å². The van der Waals surface area contributed by atoms with Crippen LogP contribution >= 0.6 is 0 Å². The lowest BCUT2D eigenvalue weighted by molar-refractivity contribution is 0.663. The van der Waals surface area contributed by atoms with Gasteiger partial charge in [0.25, 0.3) is 0 Å². The number of fused-ring (bicyclic) bond motifs is 9. The molecular formula is C51H32N4O2. The number of nitrogens with one attached hydrogen (secondary N) is 1. The highest BCUT2D eigenvalue weighted by atomic mass is 16.3. The minimum atomic E-state index is -0.297. The van der Waals surface area contributed by atoms with Crippen LogP contribution in [0.2, 0.25) is 0 Å². The van der Waals surface area contributed by atoms with Gasteiger partial charge in [-0.3, -0.25) is 0 Å². The predicted molar refractivity (Wildman–Crippen MR) is 233 cm³/mol. The van der Waals surface area contributed by atoms with E-state index in [1.165, 1.54) is 21.8 Å². The molecule has 3 aromatic heterocycles. The van der Waals surface area contributed by atoms with E-state index in [0.29, 0.717) is 5.84 Å². The maximum absolute atomic E-state index is 6.63. The number of rotatable bonds is 5. The van der Waals surface area contributed by atoms with Gasteiger partial charge in [0.05, 0.1) is 16.6 Å². The normalized spacial score (nSPS) is 14.5. The molecule has 12 rings (SSSR count). The number of benzene rings is 8. The lowest BCUT2D eigenvalue weighted by Crippen LogP contribution is -2.33. The molecule has 4 heterocycles. The van der Waals surface area contributed by atoms with Crippen molar-refractivity contribution in [3.05, 3.63) is 199 Å². The highest BCUT2D eigenvalue weighted by Crippen LogP contribution is 2.39. The van der Waals surface area contributed by atoms with Crippen molar-refractivity contribution >= 4 is 77.4 Å². The standard InChI is InChI=1S/C51H32N4O2/c1-3-12-31(13-4-1)49-52-50(32-14-5-2-6-15-32)54-51(53-49)40-19-11-18-39-42-29-34(23-27-46(42)57-48(39)40)33-22-26-45-41(28-33)38-25-24-35(30-47(38)56-45)55-43-20-9-7-16-36(43)37-17-8-10-21-44(37)55/h1-30,49H,(H,52,53,54). The van der Waals surface area contributed by atoms with Gasteiger partial charge >= 0.3 is 0 Å². The summed E-state index contributed by atoms with van der Waals surface area (Å²) in [6.07, 6.45) is -0.297. The third-order valence-corrected chi connectivity index (χ3v) is 11.3. The van der Waals surface area contributed by atoms with Crippen molar-refractivity contribution < 1.29 is 8.83 Å². The average molecular weight is 733 g/mol. The van der Waals surface area contributed by atoms with Crippen LogP contribution in [0.4, 0.5) is 0 Å². The van der Waals surface area contributed by atoms with Crippen molar-refractivity contribution in [1.82, 2.24) is 9.88 Å². The molecule has 1 aliphatic rings. The maximum Gasteiger partial charge on any atom is 0.163 e. The van der Waals surface area contributed by atoms with Crippen LogP contribution in [0.25, 0.3) is 82.5 Å². The number of hydrogen-bond acceptors (Lipinski definition) is 5. The Bertz CT molecular complexity index is 3390. The van der Waals surface area contributed by atoms with Crippen molar-refractivity contribution in [2.75, 3.05) is 0 Å². The van der Waals surface area contributed by atoms with Crippen molar-refractivity contribution in [1.29, 1.82) is 0 Å². The highest BCUT2D eigenvalue weighted by molar-refractivity contribution is 6.20. The van der Waals surface area contributed by atoms with E-state index in [2.05, 4.69) is 155 Å². The van der Waals surface area contributed by atoms with Gasteiger partial charge in [0, 0.05) is 49.6 Å². The molecule has 6 nitrogen and oxygen atoms in total. The third-order valence-electron chi connectivity index (χ3n) is 11.3. The zero-order valence-corrected chi connectivity index (χ0v) is 30.6. The fraction of sp³-hybridized carbons (Fsp3) is 0.0196. The van der Waals surface area contributed by atoms with Crippen molar-refractivity contribution in [3.8, 4) is 16.8 Å². The molecule has 1 N–H and O–H groups in total. The first-order valence-electron chi connectivity index (χ1n) is 19.2. The summed E-state index contributed by atoms with van der Waals surface area (Å²) in [4.78, 5) is 10.2. The molecule has 0 radical (unpaired) electrons. The Morgan fingerprint density at radius 3 is 1.82 bits per heavy atom. The van der Waals surface area contributed by atoms with Crippen molar-refractivity contribution in [2.24, 2.45) is 9.98 Å². The molecule has 0 fully saturated rings. The zero-order chi connectivity index (χ0) is 37.5. The third kappa shape index (κ3) is 5.04. The Kier molecular flexibility index (Phi) is 6.89. The van der Waals surface area contributed by atoms with E-state index < -0.39 is 0 Å². The number of amidine groups is 2. The fourth-order valence-electron chi connectivity index (χ4n) is 8.56. The van der Waals surface area contributed by atoms with Crippen LogP contribution in [0.15, 0.2) is 201 Å². The van der Waals surface area contributed by atoms with E-state index in [1.807, 2.05) is 36.4 Å². The molecule has 8 aromatic carbocycles. The predicted octanol–water partition coefficient (Wildman–Crippen LogP) is 12.7. The van der Waals surface area contributed by atoms with E-state index in [9.17, 15) is 0 Å². The SMILES string of the molecule is c1ccc(C2=NC(c3cccc4c3oc3ccc(-c5ccc6oc7cc(-n8c9ccccc9c9ccccc98)ccc7c6c5)cc34)=NC(c3ccccc3)N2)cc1. The summed E-state index contributed by atoms with van der Waals surface area (Å²) in [7, 11) is 0. The van der Waals surface area contributed by atoms with Gasteiger partial charge in [0.1, 0.15) is 34.3 Å². The topological polar surface area (TPSA) is 68.0 Å². The Morgan fingerprint density at radius 1 is 0.456 bits per heavy atom. The minimum Gasteiger partial charge on any atom is -0.456 e. The van der Waals surface area contributed by atoms with Crippen molar-refractivity contribution in [3.63, 3.8) is 0 Å². The molecule has 0 saturated carbocycles. The largest absolute Gasteiger partial charge is 0.456 e. The first-order chi connectivity index (χ1) is 28.2. The molecule has 0 spiro atoms. The van der Waals surface area contributed by atoms with Gasteiger partial charge in [0.15, 0.2) is 5.84 Å². The quantitative estimate of drug-likeness (QED) is 0.192. The minimum absolute atomic E-state index is 0.297. The summed E-state index contributed by atoms with van der Waals surface area (Å²) < 4.78 is 15.5. The van der Waals surface area contributed by atoms with Crippen molar-refractivity contribution in [2.45, 2.75) is 6.17 Å². The van der Waals surface area contributed by atoms with E-state index in [4.69, 9.17) is 18.8 Å². The Hall–Kier alpha value is -7.70. The second-order valence-corrected chi connectivity index (χ2v) is 14.6. The summed E-state index contributed by atoms with van der Waals surface area (Å²) in [5, 5.41) is 10.3. The molecular weight excluding hydrogens is 701 g/mol. The molecule has 268 valence electrons. The van der Waals surface area contributed by atoms with E-state index in [1.54, 1.807) is 0 Å². The number of nitrogens with zero attached hydrogens (tertiary/aromatic N) is 3. The van der Waals surface area contributed by atoms with Crippen LogP contribution < -0.4 is 5.32 Å². The van der Waals surface area contributed by atoms with E-state index >= 15 is 0 Å². The van der Waals surface area contributed by atoms with Gasteiger partial charge in [-0.2, -0.15) is 0 Å². The van der Waals surface area contributed by atoms with Gasteiger partial charge in [-0.25, -0.2) is 9.98 Å². The average Bonchev–Trinajstić information content (AvgIpc) is 3.95. The number of aliphatic imine (C=N–C) groups is 2. The van der Waals surface area contributed by atoms with Crippen LogP contribution in [0.1, 0.15) is 22.9 Å². The molecule has 1 aliphatic heterocycles. The summed E-state index contributed by atoms with van der Waals surface area (Å²) in [5.74, 6) is 1.40. The molecule has 57 heavy (non-hydrogen) atoms. The lowest BCUT2D eigenvalue weighted by Gasteiger charge is -2.23. The molecule has 11 aromatic rings. The van der Waals surface area contributed by atoms with Crippen LogP contribution in [0.5, 0.6) is 0 Å². The summed E-state index contributed by atoms with van der Waals surface area (Å²) in [6.45, 7) is 0. The smallest absolute Gasteiger partial charge is 0.163 e. The monoisotopic (exact) mass is 732 g/mol. The van der Waals surface area contributed by atoms with Crippen LogP contribution in [0.3, 0.4) is 0 Å². The highest BCUT2D eigenvalue weighted by Gasteiger charge is 2.24. The molecule has 6 heteroatoms. The number of para-hydroxylation sites is 3. The second-order valence-electron chi connectivity index (χ2n) is 14.6. The molecule has 1 atom stereocenters. The fourth-order valence-corrected chi connectivity index (χ4v) is 8.56. The number of furan rings is 2. The summed E-state index contributed by atoms with van der Waals surface area (Å²) >= 11 is 0. The first kappa shape index (κ1) is 31.6. The first-order valence-corrected chi connectivity index (χ1v) is 19.2. The van der Waals surface area contributed by atoms with Gasteiger partial charge in [-0.05, 0) is 71.3 Å². The number of aromatic nitrogens is 1. The van der Waals surface area contributed by atoms with E-state index in [-0.39, 0.29) is 6.17 Å². The van der Waals surface area contributed by atoms with Gasteiger partial charge in [-0.1, -0.05) is 121 Å². The van der Waals surface area contributed by atoms with Gasteiger partial charge in [0.2, 0.25) is 0 Å². The molecule has 1 unspecified atom stereocenters. The molecule has 0 saturated heterocycles. The number of hydrogen-bond donors (Lipinski definition) is 1. The molecule has 0 aliphatic carbocycles. The van der Waals surface area contributed by atoms with Gasteiger partial charge in [-0.15, -0.1) is 0 Å².